The minimum atomic E-state index is 0.475. The first-order valence-electron chi connectivity index (χ1n) is 3.86. The van der Waals surface area contributed by atoms with Gasteiger partial charge in [-0.05, 0) is 18.6 Å². The molecule has 2 heterocycles. The molecule has 0 saturated carbocycles. The zero-order valence-electron chi connectivity index (χ0n) is 7.18. The molecule has 66 valence electrons. The molecule has 0 unspecified atom stereocenters. The molecular formula is C8H9N5. The van der Waals surface area contributed by atoms with Gasteiger partial charge >= 0.3 is 0 Å². The number of aromatic nitrogens is 4. The normalized spacial score (nSPS) is 10.2. The number of nitrogen functional groups attached to an aromatic ring is 1. The van der Waals surface area contributed by atoms with Gasteiger partial charge in [-0.25, -0.2) is 4.68 Å². The molecule has 0 aromatic carbocycles. The van der Waals surface area contributed by atoms with Crippen molar-refractivity contribution in [2.75, 3.05) is 5.73 Å². The van der Waals surface area contributed by atoms with Crippen molar-refractivity contribution in [1.82, 2.24) is 20.0 Å². The lowest BCUT2D eigenvalue weighted by Gasteiger charge is -1.98. The van der Waals surface area contributed by atoms with Crippen LogP contribution in [0.3, 0.4) is 0 Å². The maximum absolute atomic E-state index is 5.47. The van der Waals surface area contributed by atoms with E-state index in [0.29, 0.717) is 11.6 Å². The SMILES string of the molecule is Cc1cnnc(-n2ccc(N)n2)c1. The third-order valence-electron chi connectivity index (χ3n) is 1.62. The van der Waals surface area contributed by atoms with Crippen LogP contribution in [0.1, 0.15) is 5.56 Å². The molecule has 5 heteroatoms. The average Bonchev–Trinajstić information content (AvgIpc) is 2.52. The van der Waals surface area contributed by atoms with E-state index in [1.54, 1.807) is 23.1 Å². The van der Waals surface area contributed by atoms with Crippen LogP contribution in [0.15, 0.2) is 24.5 Å². The lowest BCUT2D eigenvalue weighted by atomic mass is 10.3. The number of nitrogens with zero attached hydrogens (tertiary/aromatic N) is 4. The Morgan fingerprint density at radius 3 is 2.92 bits per heavy atom. The summed E-state index contributed by atoms with van der Waals surface area (Å²) in [5, 5.41) is 11.8. The van der Waals surface area contributed by atoms with Crippen molar-refractivity contribution in [1.29, 1.82) is 0 Å². The van der Waals surface area contributed by atoms with Crippen LogP contribution in [-0.4, -0.2) is 20.0 Å². The van der Waals surface area contributed by atoms with Gasteiger partial charge in [-0.1, -0.05) is 0 Å². The Kier molecular flexibility index (Phi) is 1.70. The molecule has 0 spiro atoms. The summed E-state index contributed by atoms with van der Waals surface area (Å²) in [6.07, 6.45) is 3.44. The summed E-state index contributed by atoms with van der Waals surface area (Å²) >= 11 is 0. The maximum Gasteiger partial charge on any atom is 0.175 e. The van der Waals surface area contributed by atoms with Gasteiger partial charge < -0.3 is 5.73 Å². The molecule has 0 bridgehead atoms. The largest absolute Gasteiger partial charge is 0.382 e. The first-order valence-corrected chi connectivity index (χ1v) is 3.86. The Hall–Kier alpha value is -1.91. The first-order chi connectivity index (χ1) is 6.25. The minimum Gasteiger partial charge on any atom is -0.382 e. The molecule has 0 radical (unpaired) electrons. The van der Waals surface area contributed by atoms with Crippen LogP contribution in [0.2, 0.25) is 0 Å². The van der Waals surface area contributed by atoms with Crippen molar-refractivity contribution < 1.29 is 0 Å². The molecule has 5 nitrogen and oxygen atoms in total. The van der Waals surface area contributed by atoms with E-state index in [1.807, 2.05) is 13.0 Å². The molecule has 0 aliphatic rings. The van der Waals surface area contributed by atoms with Gasteiger partial charge in [-0.3, -0.25) is 0 Å². The Morgan fingerprint density at radius 2 is 2.31 bits per heavy atom. The summed E-state index contributed by atoms with van der Waals surface area (Å²) in [6.45, 7) is 1.95. The van der Waals surface area contributed by atoms with E-state index >= 15 is 0 Å². The van der Waals surface area contributed by atoms with Gasteiger partial charge in [0.1, 0.15) is 5.82 Å². The highest BCUT2D eigenvalue weighted by Crippen LogP contribution is 2.05. The smallest absolute Gasteiger partial charge is 0.175 e. The van der Waals surface area contributed by atoms with Gasteiger partial charge in [0.05, 0.1) is 6.20 Å². The number of hydrogen-bond donors (Lipinski definition) is 1. The van der Waals surface area contributed by atoms with Gasteiger partial charge in [-0.15, -0.1) is 10.2 Å². The van der Waals surface area contributed by atoms with E-state index < -0.39 is 0 Å². The first kappa shape index (κ1) is 7.72. The van der Waals surface area contributed by atoms with Crippen LogP contribution < -0.4 is 5.73 Å². The summed E-state index contributed by atoms with van der Waals surface area (Å²) in [6, 6.07) is 3.60. The van der Waals surface area contributed by atoms with Gasteiger partial charge in [0.15, 0.2) is 5.82 Å². The number of rotatable bonds is 1. The second-order valence-electron chi connectivity index (χ2n) is 2.78. The molecular weight excluding hydrogens is 166 g/mol. The number of nitrogens with two attached hydrogens (primary N) is 1. The summed E-state index contributed by atoms with van der Waals surface area (Å²) in [5.41, 5.74) is 6.51. The Balaban J connectivity index is 2.46. The fraction of sp³-hybridized carbons (Fsp3) is 0.125. The molecule has 2 rings (SSSR count). The maximum atomic E-state index is 5.47. The summed E-state index contributed by atoms with van der Waals surface area (Å²) in [7, 11) is 0. The summed E-state index contributed by atoms with van der Waals surface area (Å²) in [4.78, 5) is 0. The van der Waals surface area contributed by atoms with E-state index in [2.05, 4.69) is 15.3 Å². The van der Waals surface area contributed by atoms with Gasteiger partial charge in [0.2, 0.25) is 0 Å². The molecule has 0 amide bonds. The predicted molar refractivity (Wildman–Crippen MR) is 48.3 cm³/mol. The van der Waals surface area contributed by atoms with Crippen molar-refractivity contribution in [3.05, 3.63) is 30.1 Å². The number of anilines is 1. The van der Waals surface area contributed by atoms with Crippen LogP contribution in [0, 0.1) is 6.92 Å². The summed E-state index contributed by atoms with van der Waals surface area (Å²) < 4.78 is 1.59. The Morgan fingerprint density at radius 1 is 1.46 bits per heavy atom. The zero-order chi connectivity index (χ0) is 9.26. The third kappa shape index (κ3) is 1.48. The van der Waals surface area contributed by atoms with Gasteiger partial charge in [0.25, 0.3) is 0 Å². The fourth-order valence-electron chi connectivity index (χ4n) is 1.03. The van der Waals surface area contributed by atoms with E-state index in [1.165, 1.54) is 0 Å². The second kappa shape index (κ2) is 2.85. The van der Waals surface area contributed by atoms with E-state index in [0.717, 1.165) is 5.56 Å². The third-order valence-corrected chi connectivity index (χ3v) is 1.62. The number of hydrogen-bond acceptors (Lipinski definition) is 4. The molecule has 0 fully saturated rings. The molecule has 13 heavy (non-hydrogen) atoms. The molecule has 2 aromatic rings. The van der Waals surface area contributed by atoms with Gasteiger partial charge in [0, 0.05) is 12.3 Å². The summed E-state index contributed by atoms with van der Waals surface area (Å²) in [5.74, 6) is 1.15. The second-order valence-corrected chi connectivity index (χ2v) is 2.78. The highest BCUT2D eigenvalue weighted by molar-refractivity contribution is 5.30. The highest BCUT2D eigenvalue weighted by atomic mass is 15.3. The van der Waals surface area contributed by atoms with Crippen LogP contribution in [-0.2, 0) is 0 Å². The molecule has 0 atom stereocenters. The Labute approximate surface area is 75.2 Å². The van der Waals surface area contributed by atoms with E-state index in [4.69, 9.17) is 5.73 Å². The average molecular weight is 175 g/mol. The number of aryl methyl sites for hydroxylation is 1. The predicted octanol–water partition coefficient (Wildman–Crippen LogP) is 0.553. The topological polar surface area (TPSA) is 69.6 Å². The minimum absolute atomic E-state index is 0.475. The fourth-order valence-corrected chi connectivity index (χ4v) is 1.03. The quantitative estimate of drug-likeness (QED) is 0.687. The van der Waals surface area contributed by atoms with E-state index in [9.17, 15) is 0 Å². The molecule has 2 N–H and O–H groups in total. The van der Waals surface area contributed by atoms with Crippen LogP contribution in [0.5, 0.6) is 0 Å². The molecule has 0 saturated heterocycles. The monoisotopic (exact) mass is 175 g/mol. The standard InChI is InChI=1S/C8H9N5/c1-6-4-8(11-10-5-6)13-3-2-7(9)12-13/h2-5H,1H3,(H2,9,12). The van der Waals surface area contributed by atoms with Crippen molar-refractivity contribution in [3.8, 4) is 5.82 Å². The van der Waals surface area contributed by atoms with E-state index in [-0.39, 0.29) is 0 Å². The van der Waals surface area contributed by atoms with Crippen molar-refractivity contribution in [2.45, 2.75) is 6.92 Å². The van der Waals surface area contributed by atoms with Crippen molar-refractivity contribution in [3.63, 3.8) is 0 Å². The zero-order valence-corrected chi connectivity index (χ0v) is 7.18. The van der Waals surface area contributed by atoms with Crippen molar-refractivity contribution >= 4 is 5.82 Å². The molecule has 0 aliphatic heterocycles. The highest BCUT2D eigenvalue weighted by Gasteiger charge is 1.99. The van der Waals surface area contributed by atoms with Crippen LogP contribution >= 0.6 is 0 Å². The van der Waals surface area contributed by atoms with Crippen LogP contribution in [0.4, 0.5) is 5.82 Å². The Bertz CT molecular complexity index is 420. The molecule has 2 aromatic heterocycles. The molecule has 0 aliphatic carbocycles. The lowest BCUT2D eigenvalue weighted by Crippen LogP contribution is -2.00. The van der Waals surface area contributed by atoms with Gasteiger partial charge in [-0.2, -0.15) is 5.10 Å². The van der Waals surface area contributed by atoms with Crippen molar-refractivity contribution in [2.24, 2.45) is 0 Å². The van der Waals surface area contributed by atoms with Crippen LogP contribution in [0.25, 0.3) is 5.82 Å². The lowest BCUT2D eigenvalue weighted by molar-refractivity contribution is 0.814.